The number of benzene rings is 2. The lowest BCUT2D eigenvalue weighted by Crippen LogP contribution is -2.39. The van der Waals surface area contributed by atoms with Crippen LogP contribution >= 0.6 is 23.2 Å². The van der Waals surface area contributed by atoms with Gasteiger partial charge in [-0.1, -0.05) is 74.3 Å². The molecule has 3 rings (SSSR count). The molecule has 4 atom stereocenters. The van der Waals surface area contributed by atoms with E-state index in [-0.39, 0.29) is 34.9 Å². The highest BCUT2D eigenvalue weighted by atomic mass is 35.5. The first-order valence-corrected chi connectivity index (χ1v) is 12.1. The van der Waals surface area contributed by atoms with Crippen LogP contribution in [0.15, 0.2) is 48.5 Å². The number of nitrogens with one attached hydrogen (secondary N) is 2. The molecule has 0 aromatic heterocycles. The molecule has 1 fully saturated rings. The number of nitriles is 1. The number of halogens is 3. The van der Waals surface area contributed by atoms with Crippen LogP contribution in [0.5, 0.6) is 0 Å². The summed E-state index contributed by atoms with van der Waals surface area (Å²) >= 11 is 11.4. The van der Waals surface area contributed by atoms with Gasteiger partial charge in [0.2, 0.25) is 6.41 Å². The fourth-order valence-electron chi connectivity index (χ4n) is 3.67. The van der Waals surface area contributed by atoms with Gasteiger partial charge in [0.15, 0.2) is 0 Å². The van der Waals surface area contributed by atoms with Crippen LogP contribution in [-0.2, 0) is 4.79 Å². The highest BCUT2D eigenvalue weighted by molar-refractivity contribution is 6.31. The zero-order valence-corrected chi connectivity index (χ0v) is 21.7. The van der Waals surface area contributed by atoms with Gasteiger partial charge in [-0.2, -0.15) is 5.26 Å². The number of hydrogen-bond acceptors (Lipinski definition) is 5. The molecule has 1 saturated heterocycles. The molecular formula is C26H34Cl2FN3O3. The number of amides is 1. The van der Waals surface area contributed by atoms with E-state index >= 15 is 0 Å². The van der Waals surface area contributed by atoms with Gasteiger partial charge in [0.1, 0.15) is 5.82 Å². The second-order valence-corrected chi connectivity index (χ2v) is 9.99. The van der Waals surface area contributed by atoms with Crippen molar-refractivity contribution < 1.29 is 19.4 Å². The lowest BCUT2D eigenvalue weighted by Gasteiger charge is -2.30. The molecule has 4 unspecified atom stereocenters. The van der Waals surface area contributed by atoms with Gasteiger partial charge >= 0.3 is 0 Å². The lowest BCUT2D eigenvalue weighted by molar-refractivity contribution is -0.109. The van der Waals surface area contributed by atoms with Crippen molar-refractivity contribution in [2.45, 2.75) is 45.3 Å². The molecule has 0 aliphatic carbocycles. The Balaban J connectivity index is 0.000000316. The zero-order chi connectivity index (χ0) is 26.4. The molecule has 4 N–H and O–H groups in total. The molecule has 0 bridgehead atoms. The molecule has 1 heterocycles. The maximum atomic E-state index is 14.1. The minimum atomic E-state index is -0.711. The van der Waals surface area contributed by atoms with Crippen molar-refractivity contribution in [1.82, 2.24) is 10.6 Å². The van der Waals surface area contributed by atoms with Gasteiger partial charge in [0, 0.05) is 30.1 Å². The number of nitrogens with zero attached hydrogens (tertiary/aromatic N) is 1. The van der Waals surface area contributed by atoms with Crippen LogP contribution in [0.1, 0.15) is 38.7 Å². The fraction of sp³-hybridized carbons (Fsp3) is 0.462. The molecule has 6 nitrogen and oxygen atoms in total. The second-order valence-electron chi connectivity index (χ2n) is 9.15. The first-order valence-electron chi connectivity index (χ1n) is 11.3. The summed E-state index contributed by atoms with van der Waals surface area (Å²) in [6, 6.07) is 16.8. The van der Waals surface area contributed by atoms with Crippen LogP contribution in [0.25, 0.3) is 0 Å². The molecule has 35 heavy (non-hydrogen) atoms. The molecule has 0 spiro atoms. The van der Waals surface area contributed by atoms with Crippen LogP contribution < -0.4 is 10.6 Å². The van der Waals surface area contributed by atoms with E-state index in [4.69, 9.17) is 33.4 Å². The standard InChI is InChI=1S/C15H18ClFN2.C6H5Cl.C5H11NO3/c1-15(2,3)14-10(7-18)11(8-19-14)9-5-4-6-12(16)13(9)17;7-6-4-2-1-3-5-6;7-3-5(9)1-2-6-4-8/h4-6,10-11,14,19H,8H2,1-3H3;1-5H;4-5,7,9H,1-3H2,(H,6,8). The summed E-state index contributed by atoms with van der Waals surface area (Å²) in [5.74, 6) is -0.785. The van der Waals surface area contributed by atoms with E-state index in [0.29, 0.717) is 31.5 Å². The van der Waals surface area contributed by atoms with Gasteiger partial charge in [-0.05, 0) is 35.6 Å². The van der Waals surface area contributed by atoms with Crippen LogP contribution in [0.4, 0.5) is 4.39 Å². The maximum absolute atomic E-state index is 14.1. The zero-order valence-electron chi connectivity index (χ0n) is 20.2. The summed E-state index contributed by atoms with van der Waals surface area (Å²) in [5.41, 5.74) is 0.503. The number of rotatable bonds is 6. The number of hydrogen-bond donors (Lipinski definition) is 4. The van der Waals surface area contributed by atoms with Gasteiger partial charge in [-0.3, -0.25) is 4.79 Å². The van der Waals surface area contributed by atoms with Gasteiger partial charge < -0.3 is 20.8 Å². The van der Waals surface area contributed by atoms with Crippen molar-refractivity contribution in [2.75, 3.05) is 19.7 Å². The van der Waals surface area contributed by atoms with Crippen molar-refractivity contribution in [3.05, 3.63) is 70.0 Å². The summed E-state index contributed by atoms with van der Waals surface area (Å²) in [4.78, 5) is 9.62. The minimum Gasteiger partial charge on any atom is -0.394 e. The van der Waals surface area contributed by atoms with E-state index in [1.54, 1.807) is 12.1 Å². The van der Waals surface area contributed by atoms with Crippen LogP contribution in [0, 0.1) is 28.5 Å². The number of carbonyl (C=O) groups is 1. The Labute approximate surface area is 217 Å². The Kier molecular flexibility index (Phi) is 13.8. The van der Waals surface area contributed by atoms with E-state index < -0.39 is 11.9 Å². The predicted molar refractivity (Wildman–Crippen MR) is 138 cm³/mol. The van der Waals surface area contributed by atoms with Crippen molar-refractivity contribution in [1.29, 1.82) is 5.26 Å². The number of aliphatic hydroxyl groups excluding tert-OH is 2. The smallest absolute Gasteiger partial charge is 0.207 e. The Morgan fingerprint density at radius 2 is 1.89 bits per heavy atom. The molecule has 1 amide bonds. The van der Waals surface area contributed by atoms with Crippen molar-refractivity contribution in [3.63, 3.8) is 0 Å². The van der Waals surface area contributed by atoms with Crippen molar-refractivity contribution >= 4 is 29.6 Å². The van der Waals surface area contributed by atoms with Crippen molar-refractivity contribution in [3.8, 4) is 6.07 Å². The van der Waals surface area contributed by atoms with Crippen LogP contribution in [-0.4, -0.2) is 48.5 Å². The molecule has 0 saturated carbocycles. The Morgan fingerprint density at radius 3 is 2.37 bits per heavy atom. The third-order valence-electron chi connectivity index (χ3n) is 5.46. The summed E-state index contributed by atoms with van der Waals surface area (Å²) in [5, 5.41) is 33.0. The van der Waals surface area contributed by atoms with Crippen LogP contribution in [0.2, 0.25) is 10.0 Å². The Bertz CT molecular complexity index is 936. The molecule has 2 aromatic rings. The average Bonchev–Trinajstić information content (AvgIpc) is 3.27. The van der Waals surface area contributed by atoms with E-state index in [0.717, 1.165) is 5.02 Å². The van der Waals surface area contributed by atoms with Gasteiger partial charge in [-0.15, -0.1) is 0 Å². The highest BCUT2D eigenvalue weighted by Gasteiger charge is 2.43. The fourth-order valence-corrected chi connectivity index (χ4v) is 4.00. The highest BCUT2D eigenvalue weighted by Crippen LogP contribution is 2.40. The summed E-state index contributed by atoms with van der Waals surface area (Å²) in [6.07, 6.45) is 0.247. The monoisotopic (exact) mass is 525 g/mol. The summed E-state index contributed by atoms with van der Waals surface area (Å²) in [7, 11) is 0. The predicted octanol–water partition coefficient (Wildman–Crippen LogP) is 4.54. The van der Waals surface area contributed by atoms with Crippen LogP contribution in [0.3, 0.4) is 0 Å². The van der Waals surface area contributed by atoms with E-state index in [2.05, 4.69) is 37.5 Å². The molecule has 0 radical (unpaired) electrons. The normalized spacial score (nSPS) is 19.8. The van der Waals surface area contributed by atoms with E-state index in [1.807, 2.05) is 30.3 Å². The number of carbonyl (C=O) groups excluding carboxylic acids is 1. The quantitative estimate of drug-likeness (QED) is 0.327. The molecule has 9 heteroatoms. The van der Waals surface area contributed by atoms with E-state index in [9.17, 15) is 14.4 Å². The van der Waals surface area contributed by atoms with Gasteiger partial charge in [0.05, 0.1) is 29.7 Å². The van der Waals surface area contributed by atoms with Crippen molar-refractivity contribution in [2.24, 2.45) is 11.3 Å². The van der Waals surface area contributed by atoms with Gasteiger partial charge in [0.25, 0.3) is 0 Å². The minimum absolute atomic E-state index is 0.0375. The average molecular weight is 526 g/mol. The third kappa shape index (κ3) is 10.5. The summed E-state index contributed by atoms with van der Waals surface area (Å²) in [6.45, 7) is 7.03. The Morgan fingerprint density at radius 1 is 1.23 bits per heavy atom. The van der Waals surface area contributed by atoms with Gasteiger partial charge in [-0.25, -0.2) is 4.39 Å². The largest absolute Gasteiger partial charge is 0.394 e. The summed E-state index contributed by atoms with van der Waals surface area (Å²) < 4.78 is 14.1. The second kappa shape index (κ2) is 15.7. The Hall–Kier alpha value is -2.21. The molecular weight excluding hydrogens is 492 g/mol. The lowest BCUT2D eigenvalue weighted by atomic mass is 9.76. The third-order valence-corrected chi connectivity index (χ3v) is 6.01. The first kappa shape index (κ1) is 30.8. The van der Waals surface area contributed by atoms with E-state index in [1.165, 1.54) is 6.07 Å². The SMILES string of the molecule is CC(C)(C)C1NCC(c2cccc(Cl)c2F)C1C#N.Clc1ccccc1.O=CNCCC(O)CO. The molecule has 2 aromatic carbocycles. The molecule has 1 aliphatic heterocycles. The molecule has 1 aliphatic rings. The number of aliphatic hydroxyl groups is 2. The maximum Gasteiger partial charge on any atom is 0.207 e. The first-order chi connectivity index (χ1) is 16.6. The topological polar surface area (TPSA) is 105 Å². The molecule has 192 valence electrons.